The molecule has 24 valence electrons. The van der Waals surface area contributed by atoms with Crippen LogP contribution in [0.5, 0.6) is 0 Å². The van der Waals surface area contributed by atoms with Crippen LogP contribution in [0, 0.1) is 5.53 Å². The molecule has 0 saturated carbocycles. The molecule has 4 heavy (non-hydrogen) atoms. The maximum atomic E-state index is 5.94. The summed E-state index contributed by atoms with van der Waals surface area (Å²) in [6, 6.07) is 0.0833. The Bertz CT molecular complexity index is 20.0. The van der Waals surface area contributed by atoms with Crippen molar-refractivity contribution >= 4 is 11.6 Å². The van der Waals surface area contributed by atoms with E-state index >= 15 is 0 Å². The van der Waals surface area contributed by atoms with Gasteiger partial charge in [-0.05, 0) is 0 Å². The molecule has 0 amide bonds. The Balaban J connectivity index is 2.30. The molecule has 0 atom stereocenters. The lowest BCUT2D eigenvalue weighted by Gasteiger charge is -1.55. The van der Waals surface area contributed by atoms with Gasteiger partial charge in [-0.15, -0.1) is 0 Å². The number of hydrogen-bond donors (Lipinski definition) is 1. The van der Waals surface area contributed by atoms with Crippen LogP contribution in [0.1, 0.15) is 0 Å². The third-order valence-corrected chi connectivity index (χ3v) is 0.179. The second kappa shape index (κ2) is 2.89. The van der Waals surface area contributed by atoms with Crippen molar-refractivity contribution in [3.8, 4) is 0 Å². The van der Waals surface area contributed by atoms with Crippen LogP contribution in [0.3, 0.4) is 0 Å². The van der Waals surface area contributed by atoms with Gasteiger partial charge in [0.25, 0.3) is 0 Å². The van der Waals surface area contributed by atoms with Crippen molar-refractivity contribution in [1.82, 2.24) is 0 Å². The number of nitrogens with one attached hydrogen (secondary N) is 1. The topological polar surface area (TPSA) is 36.2 Å². The van der Waals surface area contributed by atoms with Gasteiger partial charge in [0.2, 0.25) is 0 Å². The first-order chi connectivity index (χ1) is 1.91. The van der Waals surface area contributed by atoms with Crippen molar-refractivity contribution in [2.45, 2.75) is 0 Å². The first kappa shape index (κ1) is 3.89. The van der Waals surface area contributed by atoms with E-state index in [9.17, 15) is 0 Å². The van der Waals surface area contributed by atoms with Gasteiger partial charge in [-0.2, -0.15) is 5.11 Å². The van der Waals surface area contributed by atoms with E-state index in [0.717, 1.165) is 0 Å². The summed E-state index contributed by atoms with van der Waals surface area (Å²) < 4.78 is 0. The molecule has 0 fully saturated rings. The first-order valence-corrected chi connectivity index (χ1v) is 1.34. The normalized spacial score (nSPS) is 6.25. The van der Waals surface area contributed by atoms with Crippen molar-refractivity contribution in [2.24, 2.45) is 5.11 Å². The number of alkyl halides is 1. The minimum absolute atomic E-state index is 0.0833. The van der Waals surface area contributed by atoms with Gasteiger partial charge >= 0.3 is 0 Å². The summed E-state index contributed by atoms with van der Waals surface area (Å²) in [4.78, 5) is 0. The fraction of sp³-hybridized carbons (Fsp3) is 1.00. The molecule has 0 heterocycles. The van der Waals surface area contributed by atoms with E-state index in [-0.39, 0.29) is 6.00 Å². The summed E-state index contributed by atoms with van der Waals surface area (Å²) in [7, 11) is 0. The summed E-state index contributed by atoms with van der Waals surface area (Å²) in [5, 5.41) is 2.75. The zero-order valence-corrected chi connectivity index (χ0v) is 2.79. The Labute approximate surface area is 29.3 Å². The van der Waals surface area contributed by atoms with Crippen molar-refractivity contribution in [3.05, 3.63) is 0 Å². The molecule has 1 N–H and O–H groups in total. The molecular weight excluding hydrogens is 75.5 g/mol. The van der Waals surface area contributed by atoms with E-state index in [2.05, 4.69) is 5.11 Å². The molecule has 0 unspecified atom stereocenters. The number of halogens is 1. The lowest BCUT2D eigenvalue weighted by Crippen LogP contribution is -1.44. The molecule has 0 saturated heterocycles. The summed E-state index contributed by atoms with van der Waals surface area (Å²) >= 11 is 4.83. The Hall–Kier alpha value is -0.110. The minimum Gasteiger partial charge on any atom is -0.209 e. The van der Waals surface area contributed by atoms with Gasteiger partial charge in [0.05, 0.1) is 0 Å². The predicted octanol–water partition coefficient (Wildman–Crippen LogP) is 1.21. The van der Waals surface area contributed by atoms with Crippen molar-refractivity contribution in [1.29, 1.82) is 5.53 Å². The molecule has 0 aliphatic rings. The summed E-state index contributed by atoms with van der Waals surface area (Å²) in [5.41, 5.74) is 5.94. The quantitative estimate of drug-likeness (QED) is 0.278. The first-order valence-electron chi connectivity index (χ1n) is 0.807. The van der Waals surface area contributed by atoms with Crippen molar-refractivity contribution < 1.29 is 0 Å². The molecule has 3 heteroatoms. The molecule has 0 radical (unpaired) electrons. The van der Waals surface area contributed by atoms with E-state index in [4.69, 9.17) is 17.1 Å². The Morgan fingerprint density at radius 3 is 2.25 bits per heavy atom. The zero-order chi connectivity index (χ0) is 3.41. The Morgan fingerprint density at radius 1 is 2.00 bits per heavy atom. The van der Waals surface area contributed by atoms with Crippen LogP contribution >= 0.6 is 11.6 Å². The monoisotopic (exact) mass is 78.0 g/mol. The van der Waals surface area contributed by atoms with Gasteiger partial charge in [0.15, 0.2) is 0 Å². The molecule has 0 aromatic carbocycles. The minimum atomic E-state index is 0.0833. The zero-order valence-electron chi connectivity index (χ0n) is 2.03. The molecule has 2 nitrogen and oxygen atoms in total. The average Bonchev–Trinajstić information content (AvgIpc) is 1.37. The number of nitrogens with zero attached hydrogens (tertiary/aromatic N) is 1. The molecule has 0 rings (SSSR count). The van der Waals surface area contributed by atoms with Crippen LogP contribution in [-0.4, -0.2) is 6.00 Å². The summed E-state index contributed by atoms with van der Waals surface area (Å²) in [6.07, 6.45) is 0. The summed E-state index contributed by atoms with van der Waals surface area (Å²) in [6.45, 7) is 0. The maximum Gasteiger partial charge on any atom is 0.133 e. The van der Waals surface area contributed by atoms with Gasteiger partial charge in [-0.3, -0.25) is 0 Å². The third-order valence-electron chi connectivity index (χ3n) is 0.0598. The van der Waals surface area contributed by atoms with E-state index in [1.54, 1.807) is 0 Å². The lowest BCUT2D eigenvalue weighted by molar-refractivity contribution is 1.05. The molecule has 0 aliphatic heterocycles. The highest BCUT2D eigenvalue weighted by molar-refractivity contribution is 6.17. The second-order valence-electron chi connectivity index (χ2n) is 0.278. The van der Waals surface area contributed by atoms with Crippen LogP contribution in [0.15, 0.2) is 5.11 Å². The molecule has 0 bridgehead atoms. The molecule has 0 aliphatic carbocycles. The van der Waals surface area contributed by atoms with E-state index in [1.807, 2.05) is 0 Å². The molecule has 0 aromatic rings. The third kappa shape index (κ3) is 1.89. The predicted molar refractivity (Wildman–Crippen MR) is 15.9 cm³/mol. The van der Waals surface area contributed by atoms with Gasteiger partial charge in [0.1, 0.15) is 6.00 Å². The Morgan fingerprint density at radius 2 is 2.25 bits per heavy atom. The highest BCUT2D eigenvalue weighted by atomic mass is 35.5. The molecular formula is CH3ClN2. The van der Waals surface area contributed by atoms with Gasteiger partial charge in [-0.25, -0.2) is 5.53 Å². The summed E-state index contributed by atoms with van der Waals surface area (Å²) in [5.74, 6) is 0. The molecule has 0 aromatic heterocycles. The van der Waals surface area contributed by atoms with E-state index < -0.39 is 0 Å². The lowest BCUT2D eigenvalue weighted by atomic mass is 11.5. The van der Waals surface area contributed by atoms with E-state index in [1.165, 1.54) is 0 Å². The highest BCUT2D eigenvalue weighted by Gasteiger charge is 1.49. The average molecular weight is 78.5 g/mol. The number of rotatable bonds is 1. The highest BCUT2D eigenvalue weighted by Crippen LogP contribution is 1.67. The number of hydrogen-bond acceptors (Lipinski definition) is 2. The SMILES string of the molecule is N=NCCl. The van der Waals surface area contributed by atoms with Crippen LogP contribution in [0.25, 0.3) is 0 Å². The van der Waals surface area contributed by atoms with Crippen LogP contribution in [-0.2, 0) is 0 Å². The maximum absolute atomic E-state index is 5.94. The largest absolute Gasteiger partial charge is 0.209 e. The van der Waals surface area contributed by atoms with Crippen LogP contribution in [0.2, 0.25) is 0 Å². The van der Waals surface area contributed by atoms with Crippen molar-refractivity contribution in [2.75, 3.05) is 6.00 Å². The Kier molecular flexibility index (Phi) is 2.81. The van der Waals surface area contributed by atoms with Gasteiger partial charge in [0, 0.05) is 0 Å². The van der Waals surface area contributed by atoms with Gasteiger partial charge in [-0.1, -0.05) is 11.6 Å². The van der Waals surface area contributed by atoms with Crippen molar-refractivity contribution in [3.63, 3.8) is 0 Å². The van der Waals surface area contributed by atoms with Crippen LogP contribution in [0.4, 0.5) is 0 Å². The molecule has 0 spiro atoms. The van der Waals surface area contributed by atoms with E-state index in [0.29, 0.717) is 0 Å². The fourth-order valence-electron chi connectivity index (χ4n) is 0. The van der Waals surface area contributed by atoms with Crippen LogP contribution < -0.4 is 0 Å². The standard InChI is InChI=1S/CH3ClN2/c2-1-4-3/h3H,1H2. The van der Waals surface area contributed by atoms with Gasteiger partial charge < -0.3 is 0 Å². The smallest absolute Gasteiger partial charge is 0.133 e. The second-order valence-corrected chi connectivity index (χ2v) is 0.517. The fourth-order valence-corrected chi connectivity index (χ4v) is 0.